The van der Waals surface area contributed by atoms with Crippen LogP contribution in [0.1, 0.15) is 17.7 Å². The third kappa shape index (κ3) is 4.50. The highest BCUT2D eigenvalue weighted by Crippen LogP contribution is 2.27. The van der Waals surface area contributed by atoms with Crippen LogP contribution in [0.15, 0.2) is 77.4 Å². The van der Waals surface area contributed by atoms with Crippen molar-refractivity contribution in [2.45, 2.75) is 25.9 Å². The highest BCUT2D eigenvalue weighted by molar-refractivity contribution is 6.23. The predicted molar refractivity (Wildman–Crippen MR) is 113 cm³/mol. The maximum Gasteiger partial charge on any atom is 0.261 e. The molecule has 1 saturated heterocycles. The van der Waals surface area contributed by atoms with Crippen molar-refractivity contribution in [1.82, 2.24) is 4.90 Å². The molecule has 2 aromatic carbocycles. The first-order valence-electron chi connectivity index (χ1n) is 9.96. The Labute approximate surface area is 179 Å². The molecular formula is C24H22N2O5. The molecule has 3 aromatic rings. The molecular weight excluding hydrogens is 396 g/mol. The van der Waals surface area contributed by atoms with E-state index < -0.39 is 17.9 Å². The zero-order valence-electron chi connectivity index (χ0n) is 17.1. The van der Waals surface area contributed by atoms with Gasteiger partial charge in [0, 0.05) is 0 Å². The lowest BCUT2D eigenvalue weighted by atomic mass is 10.2. The first-order valence-corrected chi connectivity index (χ1v) is 9.96. The summed E-state index contributed by atoms with van der Waals surface area (Å²) in [7, 11) is 0. The first kappa shape index (κ1) is 20.4. The van der Waals surface area contributed by atoms with Crippen LogP contribution >= 0.6 is 0 Å². The van der Waals surface area contributed by atoms with Gasteiger partial charge < -0.3 is 14.1 Å². The molecule has 31 heavy (non-hydrogen) atoms. The van der Waals surface area contributed by atoms with Crippen LogP contribution in [0.25, 0.3) is 0 Å². The zero-order valence-corrected chi connectivity index (χ0v) is 17.1. The minimum Gasteiger partial charge on any atom is -0.484 e. The van der Waals surface area contributed by atoms with Crippen molar-refractivity contribution in [2.75, 3.05) is 11.5 Å². The normalized spacial score (nSPS) is 15.9. The van der Waals surface area contributed by atoms with Crippen molar-refractivity contribution in [1.29, 1.82) is 0 Å². The SMILES string of the molecule is Cc1ccc(N2C(=O)CC(N(Cc3ccco3)C(=O)COc3ccccc3)C2=O)cc1. The van der Waals surface area contributed by atoms with Gasteiger partial charge in [-0.1, -0.05) is 35.9 Å². The monoisotopic (exact) mass is 418 g/mol. The Morgan fingerprint density at radius 1 is 1.06 bits per heavy atom. The van der Waals surface area contributed by atoms with Gasteiger partial charge in [0.25, 0.3) is 11.8 Å². The summed E-state index contributed by atoms with van der Waals surface area (Å²) in [5.41, 5.74) is 1.51. The number of imide groups is 1. The Bertz CT molecular complexity index is 1060. The molecule has 2 heterocycles. The maximum absolute atomic E-state index is 13.2. The first-order chi connectivity index (χ1) is 15.0. The van der Waals surface area contributed by atoms with Crippen molar-refractivity contribution in [3.05, 3.63) is 84.3 Å². The van der Waals surface area contributed by atoms with Crippen LogP contribution in [0.2, 0.25) is 0 Å². The molecule has 1 unspecified atom stereocenters. The molecule has 7 nitrogen and oxygen atoms in total. The van der Waals surface area contributed by atoms with Crippen LogP contribution in [0, 0.1) is 6.92 Å². The van der Waals surface area contributed by atoms with Crippen molar-refractivity contribution < 1.29 is 23.5 Å². The molecule has 0 N–H and O–H groups in total. The van der Waals surface area contributed by atoms with Crippen LogP contribution in [0.4, 0.5) is 5.69 Å². The molecule has 1 aliphatic heterocycles. The van der Waals surface area contributed by atoms with Gasteiger partial charge in [0.2, 0.25) is 5.91 Å². The Kier molecular flexibility index (Phi) is 5.84. The Balaban J connectivity index is 1.55. The van der Waals surface area contributed by atoms with Gasteiger partial charge in [-0.25, -0.2) is 4.90 Å². The molecule has 0 spiro atoms. The number of hydrogen-bond donors (Lipinski definition) is 0. The largest absolute Gasteiger partial charge is 0.484 e. The van der Waals surface area contributed by atoms with E-state index in [0.29, 0.717) is 17.2 Å². The average molecular weight is 418 g/mol. The number of hydrogen-bond acceptors (Lipinski definition) is 5. The van der Waals surface area contributed by atoms with E-state index in [1.807, 2.05) is 25.1 Å². The van der Waals surface area contributed by atoms with E-state index in [4.69, 9.17) is 9.15 Å². The average Bonchev–Trinajstić information content (AvgIpc) is 3.39. The number of carbonyl (C=O) groups excluding carboxylic acids is 3. The zero-order chi connectivity index (χ0) is 21.8. The minimum atomic E-state index is -0.925. The number of furan rings is 1. The quantitative estimate of drug-likeness (QED) is 0.550. The van der Waals surface area contributed by atoms with E-state index in [1.54, 1.807) is 48.5 Å². The smallest absolute Gasteiger partial charge is 0.261 e. The number of aryl methyl sites for hydroxylation is 1. The second kappa shape index (κ2) is 8.87. The molecule has 0 saturated carbocycles. The number of benzene rings is 2. The Hall–Kier alpha value is -3.87. The fourth-order valence-electron chi connectivity index (χ4n) is 3.51. The number of para-hydroxylation sites is 1. The molecule has 1 aromatic heterocycles. The lowest BCUT2D eigenvalue weighted by Crippen LogP contribution is -2.46. The summed E-state index contributed by atoms with van der Waals surface area (Å²) in [5, 5.41) is 0. The predicted octanol–water partition coefficient (Wildman–Crippen LogP) is 3.33. The molecule has 1 fully saturated rings. The minimum absolute atomic E-state index is 0.0649. The van der Waals surface area contributed by atoms with Crippen molar-refractivity contribution in [2.24, 2.45) is 0 Å². The molecule has 0 bridgehead atoms. The second-order valence-corrected chi connectivity index (χ2v) is 7.33. The van der Waals surface area contributed by atoms with E-state index in [1.165, 1.54) is 11.2 Å². The summed E-state index contributed by atoms with van der Waals surface area (Å²) in [6.45, 7) is 1.74. The van der Waals surface area contributed by atoms with E-state index in [2.05, 4.69) is 0 Å². The maximum atomic E-state index is 13.2. The summed E-state index contributed by atoms with van der Waals surface area (Å²) in [6.07, 6.45) is 1.41. The van der Waals surface area contributed by atoms with Gasteiger partial charge in [-0.2, -0.15) is 0 Å². The van der Waals surface area contributed by atoms with Gasteiger partial charge in [-0.15, -0.1) is 0 Å². The van der Waals surface area contributed by atoms with E-state index in [-0.39, 0.29) is 25.5 Å². The van der Waals surface area contributed by atoms with Crippen molar-refractivity contribution in [3.8, 4) is 5.75 Å². The van der Waals surface area contributed by atoms with Crippen molar-refractivity contribution >= 4 is 23.4 Å². The Morgan fingerprint density at radius 2 is 1.81 bits per heavy atom. The number of carbonyl (C=O) groups is 3. The third-order valence-electron chi connectivity index (χ3n) is 5.12. The van der Waals surface area contributed by atoms with Crippen LogP contribution in [0.5, 0.6) is 5.75 Å². The van der Waals surface area contributed by atoms with E-state index >= 15 is 0 Å². The molecule has 1 atom stereocenters. The van der Waals surface area contributed by atoms with Gasteiger partial charge in [0.15, 0.2) is 6.61 Å². The number of rotatable bonds is 7. The molecule has 158 valence electrons. The summed E-state index contributed by atoms with van der Waals surface area (Å²) >= 11 is 0. The van der Waals surface area contributed by atoms with E-state index in [9.17, 15) is 14.4 Å². The summed E-state index contributed by atoms with van der Waals surface area (Å²) in [6, 6.07) is 18.6. The number of anilines is 1. The lowest BCUT2D eigenvalue weighted by molar-refractivity contribution is -0.141. The van der Waals surface area contributed by atoms with Crippen molar-refractivity contribution in [3.63, 3.8) is 0 Å². The molecule has 0 radical (unpaired) electrons. The highest BCUT2D eigenvalue weighted by Gasteiger charge is 2.44. The molecule has 0 aliphatic carbocycles. The van der Waals surface area contributed by atoms with Crippen LogP contribution < -0.4 is 9.64 Å². The lowest BCUT2D eigenvalue weighted by Gasteiger charge is -2.27. The highest BCUT2D eigenvalue weighted by atomic mass is 16.5. The van der Waals surface area contributed by atoms with Crippen LogP contribution in [-0.2, 0) is 20.9 Å². The van der Waals surface area contributed by atoms with Crippen LogP contribution in [-0.4, -0.2) is 35.3 Å². The van der Waals surface area contributed by atoms with Gasteiger partial charge in [-0.05, 0) is 43.3 Å². The Morgan fingerprint density at radius 3 is 2.48 bits per heavy atom. The molecule has 7 heteroatoms. The summed E-state index contributed by atoms with van der Waals surface area (Å²) in [4.78, 5) is 41.4. The number of ether oxygens (including phenoxy) is 1. The molecule has 4 rings (SSSR count). The molecule has 3 amide bonds. The molecule has 1 aliphatic rings. The fourth-order valence-corrected chi connectivity index (χ4v) is 3.51. The van der Waals surface area contributed by atoms with Gasteiger partial charge >= 0.3 is 0 Å². The van der Waals surface area contributed by atoms with Crippen LogP contribution in [0.3, 0.4) is 0 Å². The third-order valence-corrected chi connectivity index (χ3v) is 5.12. The number of amides is 3. The van der Waals surface area contributed by atoms with Gasteiger partial charge in [-0.3, -0.25) is 14.4 Å². The van der Waals surface area contributed by atoms with Gasteiger partial charge in [0.05, 0.1) is 24.9 Å². The van der Waals surface area contributed by atoms with E-state index in [0.717, 1.165) is 10.5 Å². The second-order valence-electron chi connectivity index (χ2n) is 7.33. The summed E-state index contributed by atoms with van der Waals surface area (Å²) < 4.78 is 11.0. The number of nitrogens with zero attached hydrogens (tertiary/aromatic N) is 2. The summed E-state index contributed by atoms with van der Waals surface area (Å²) in [5.74, 6) is -0.128. The standard InChI is InChI=1S/C24H22N2O5/c1-17-9-11-18(12-10-17)26-22(27)14-21(24(26)29)25(15-20-8-5-13-30-20)23(28)16-31-19-6-3-2-4-7-19/h2-13,21H,14-16H2,1H3. The van der Waals surface area contributed by atoms with Gasteiger partial charge in [0.1, 0.15) is 17.6 Å². The topological polar surface area (TPSA) is 80.1 Å². The fraction of sp³-hybridized carbons (Fsp3) is 0.208.